The lowest BCUT2D eigenvalue weighted by Gasteiger charge is -2.13. The zero-order valence-corrected chi connectivity index (χ0v) is 16.8. The van der Waals surface area contributed by atoms with E-state index in [4.69, 9.17) is 16.3 Å². The number of halogens is 1. The van der Waals surface area contributed by atoms with Gasteiger partial charge < -0.3 is 4.74 Å². The van der Waals surface area contributed by atoms with Crippen molar-refractivity contribution in [2.45, 2.75) is 23.6 Å². The van der Waals surface area contributed by atoms with E-state index < -0.39 is 20.0 Å². The van der Waals surface area contributed by atoms with Gasteiger partial charge >= 0.3 is 0 Å². The van der Waals surface area contributed by atoms with Gasteiger partial charge in [-0.25, -0.2) is 21.6 Å². The second-order valence-electron chi connectivity index (χ2n) is 5.32. The molecule has 0 saturated carbocycles. The molecule has 0 amide bonds. The average molecular weight is 419 g/mol. The molecule has 0 saturated heterocycles. The molecule has 0 aromatic heterocycles. The third-order valence-corrected chi connectivity index (χ3v) is 6.62. The number of aryl methyl sites for hydroxylation is 1. The highest BCUT2D eigenvalue weighted by molar-refractivity contribution is 7.92. The summed E-state index contributed by atoms with van der Waals surface area (Å²) in [6.45, 7) is 3.85. The first kappa shape index (κ1) is 20.5. The van der Waals surface area contributed by atoms with Crippen LogP contribution in [0.3, 0.4) is 0 Å². The van der Waals surface area contributed by atoms with Crippen molar-refractivity contribution < 1.29 is 21.6 Å². The number of hydrogen-bond acceptors (Lipinski definition) is 5. The molecular formula is C16H19ClN2O5S2. The highest BCUT2D eigenvalue weighted by Gasteiger charge is 2.19. The second kappa shape index (κ2) is 7.83. The van der Waals surface area contributed by atoms with Crippen molar-refractivity contribution in [1.82, 2.24) is 4.72 Å². The number of rotatable bonds is 7. The summed E-state index contributed by atoms with van der Waals surface area (Å²) in [6.07, 6.45) is 0. The fourth-order valence-corrected chi connectivity index (χ4v) is 4.32. The van der Waals surface area contributed by atoms with Gasteiger partial charge in [-0.2, -0.15) is 0 Å². The zero-order valence-electron chi connectivity index (χ0n) is 14.4. The summed E-state index contributed by atoms with van der Waals surface area (Å²) in [6, 6.07) is 8.28. The van der Waals surface area contributed by atoms with E-state index in [2.05, 4.69) is 9.44 Å². The molecule has 0 aliphatic heterocycles. The Morgan fingerprint density at radius 2 is 1.62 bits per heavy atom. The quantitative estimate of drug-likeness (QED) is 0.719. The third-order valence-electron chi connectivity index (χ3n) is 3.55. The molecule has 0 aliphatic carbocycles. The van der Waals surface area contributed by atoms with E-state index in [-0.39, 0.29) is 20.5 Å². The molecule has 7 nitrogen and oxygen atoms in total. The normalized spacial score (nSPS) is 12.0. The van der Waals surface area contributed by atoms with E-state index in [0.717, 1.165) is 0 Å². The minimum Gasteiger partial charge on any atom is -0.492 e. The Balaban J connectivity index is 2.41. The van der Waals surface area contributed by atoms with E-state index in [1.165, 1.54) is 43.4 Å². The molecular weight excluding hydrogens is 400 g/mol. The van der Waals surface area contributed by atoms with Gasteiger partial charge in [0, 0.05) is 0 Å². The topological polar surface area (TPSA) is 102 Å². The van der Waals surface area contributed by atoms with Crippen LogP contribution in [0.5, 0.6) is 5.75 Å². The standard InChI is InChI=1S/C16H19ClN2O5S2/c1-4-24-16-8-7-12(9-14(16)17)26(22,23)19-15-10-13(6-5-11(15)2)25(20,21)18-3/h5-10,18-19H,4H2,1-3H3. The smallest absolute Gasteiger partial charge is 0.261 e. The van der Waals surface area contributed by atoms with Crippen molar-refractivity contribution in [3.8, 4) is 5.75 Å². The van der Waals surface area contributed by atoms with Crippen molar-refractivity contribution in [2.24, 2.45) is 0 Å². The van der Waals surface area contributed by atoms with Crippen LogP contribution in [-0.4, -0.2) is 30.5 Å². The Kier molecular flexibility index (Phi) is 6.17. The third kappa shape index (κ3) is 4.47. The van der Waals surface area contributed by atoms with Gasteiger partial charge in [-0.15, -0.1) is 0 Å². The van der Waals surface area contributed by atoms with Crippen molar-refractivity contribution in [2.75, 3.05) is 18.4 Å². The summed E-state index contributed by atoms with van der Waals surface area (Å²) in [5, 5.41) is 0.165. The predicted octanol–water partition coefficient (Wildman–Crippen LogP) is 2.76. The van der Waals surface area contributed by atoms with E-state index >= 15 is 0 Å². The lowest BCUT2D eigenvalue weighted by atomic mass is 10.2. The molecule has 2 aromatic rings. The van der Waals surface area contributed by atoms with E-state index in [1.54, 1.807) is 13.8 Å². The molecule has 26 heavy (non-hydrogen) atoms. The van der Waals surface area contributed by atoms with Gasteiger partial charge in [-0.1, -0.05) is 17.7 Å². The average Bonchev–Trinajstić information content (AvgIpc) is 2.58. The maximum Gasteiger partial charge on any atom is 0.261 e. The monoisotopic (exact) mass is 418 g/mol. The van der Waals surface area contributed by atoms with Gasteiger partial charge in [0.05, 0.1) is 27.1 Å². The Labute approximate surface area is 158 Å². The molecule has 2 rings (SSSR count). The first-order valence-electron chi connectivity index (χ1n) is 7.60. The van der Waals surface area contributed by atoms with Crippen LogP contribution in [0.4, 0.5) is 5.69 Å². The highest BCUT2D eigenvalue weighted by Crippen LogP contribution is 2.29. The van der Waals surface area contributed by atoms with Crippen LogP contribution in [0.15, 0.2) is 46.2 Å². The Bertz CT molecular complexity index is 1020. The maximum absolute atomic E-state index is 12.6. The molecule has 0 spiro atoms. The molecule has 142 valence electrons. The number of benzene rings is 2. The predicted molar refractivity (Wildman–Crippen MR) is 101 cm³/mol. The van der Waals surface area contributed by atoms with E-state index in [9.17, 15) is 16.8 Å². The number of ether oxygens (including phenoxy) is 1. The van der Waals surface area contributed by atoms with Crippen LogP contribution >= 0.6 is 11.6 Å². The molecule has 2 N–H and O–H groups in total. The lowest BCUT2D eigenvalue weighted by molar-refractivity contribution is 0.340. The minimum absolute atomic E-state index is 0.0481. The fourth-order valence-electron chi connectivity index (χ4n) is 2.12. The van der Waals surface area contributed by atoms with Crippen LogP contribution < -0.4 is 14.2 Å². The van der Waals surface area contributed by atoms with Gasteiger partial charge in [0.2, 0.25) is 10.0 Å². The second-order valence-corrected chi connectivity index (χ2v) is 9.29. The van der Waals surface area contributed by atoms with Crippen LogP contribution in [0.2, 0.25) is 5.02 Å². The molecule has 2 aromatic carbocycles. The molecule has 0 bridgehead atoms. The Morgan fingerprint density at radius 3 is 2.19 bits per heavy atom. The van der Waals surface area contributed by atoms with Crippen molar-refractivity contribution >= 4 is 37.3 Å². The van der Waals surface area contributed by atoms with Crippen LogP contribution in [-0.2, 0) is 20.0 Å². The summed E-state index contributed by atoms with van der Waals surface area (Å²) >= 11 is 6.05. The van der Waals surface area contributed by atoms with Crippen LogP contribution in [0, 0.1) is 6.92 Å². The molecule has 0 heterocycles. The van der Waals surface area contributed by atoms with Crippen molar-refractivity contribution in [1.29, 1.82) is 0 Å². The zero-order chi connectivity index (χ0) is 19.5. The highest BCUT2D eigenvalue weighted by atomic mass is 35.5. The van der Waals surface area contributed by atoms with Crippen LogP contribution in [0.25, 0.3) is 0 Å². The number of nitrogens with one attached hydrogen (secondary N) is 2. The maximum atomic E-state index is 12.6. The largest absolute Gasteiger partial charge is 0.492 e. The van der Waals surface area contributed by atoms with Gasteiger partial charge in [-0.05, 0) is 56.8 Å². The fraction of sp³-hybridized carbons (Fsp3) is 0.250. The Morgan fingerprint density at radius 1 is 1.00 bits per heavy atom. The lowest BCUT2D eigenvalue weighted by Crippen LogP contribution is -2.19. The summed E-state index contributed by atoms with van der Waals surface area (Å²) in [5.41, 5.74) is 0.729. The van der Waals surface area contributed by atoms with Gasteiger partial charge in [0.15, 0.2) is 0 Å². The number of sulfonamides is 2. The van der Waals surface area contributed by atoms with E-state index in [0.29, 0.717) is 17.9 Å². The first-order chi connectivity index (χ1) is 12.1. The SMILES string of the molecule is CCOc1ccc(S(=O)(=O)Nc2cc(S(=O)(=O)NC)ccc2C)cc1Cl. The first-order valence-corrected chi connectivity index (χ1v) is 10.9. The summed E-state index contributed by atoms with van der Waals surface area (Å²) in [4.78, 5) is -0.111. The van der Waals surface area contributed by atoms with Gasteiger partial charge in [-0.3, -0.25) is 4.72 Å². The molecule has 10 heteroatoms. The van der Waals surface area contributed by atoms with Crippen molar-refractivity contribution in [3.05, 3.63) is 47.0 Å². The number of anilines is 1. The molecule has 0 fully saturated rings. The van der Waals surface area contributed by atoms with Gasteiger partial charge in [0.1, 0.15) is 5.75 Å². The molecule has 0 atom stereocenters. The summed E-state index contributed by atoms with van der Waals surface area (Å²) in [5.74, 6) is 0.381. The molecule has 0 unspecified atom stereocenters. The summed E-state index contributed by atoms with van der Waals surface area (Å²) in [7, 11) is -6.38. The molecule has 0 radical (unpaired) electrons. The van der Waals surface area contributed by atoms with E-state index in [1.807, 2.05) is 0 Å². The van der Waals surface area contributed by atoms with Gasteiger partial charge in [0.25, 0.3) is 10.0 Å². The number of hydrogen-bond donors (Lipinski definition) is 2. The molecule has 0 aliphatic rings. The van der Waals surface area contributed by atoms with Crippen LogP contribution in [0.1, 0.15) is 12.5 Å². The van der Waals surface area contributed by atoms with Crippen molar-refractivity contribution in [3.63, 3.8) is 0 Å². The minimum atomic E-state index is -3.96. The summed E-state index contributed by atoms with van der Waals surface area (Å²) < 4.78 is 59.0. The Hall–Kier alpha value is -1.81.